The van der Waals surface area contributed by atoms with Crippen LogP contribution in [0, 0.1) is 5.41 Å². The smallest absolute Gasteiger partial charge is 0.132 e. The summed E-state index contributed by atoms with van der Waals surface area (Å²) in [7, 11) is 0. The average Bonchev–Trinajstić information content (AvgIpc) is 2.74. The van der Waals surface area contributed by atoms with Crippen molar-refractivity contribution in [2.24, 2.45) is 5.41 Å². The van der Waals surface area contributed by atoms with Crippen LogP contribution in [-0.4, -0.2) is 16.3 Å². The van der Waals surface area contributed by atoms with E-state index in [0.717, 1.165) is 41.5 Å². The van der Waals surface area contributed by atoms with Gasteiger partial charge in [0.15, 0.2) is 0 Å². The van der Waals surface area contributed by atoms with E-state index in [1.807, 2.05) is 24.3 Å². The van der Waals surface area contributed by atoms with Crippen molar-refractivity contribution in [1.29, 1.82) is 0 Å². The number of para-hydroxylation sites is 2. The molecule has 1 saturated carbocycles. The van der Waals surface area contributed by atoms with Crippen molar-refractivity contribution >= 4 is 17.3 Å². The number of benzene rings is 1. The Morgan fingerprint density at radius 1 is 1.00 bits per heavy atom. The summed E-state index contributed by atoms with van der Waals surface area (Å²) in [5.41, 5.74) is 3.14. The summed E-state index contributed by atoms with van der Waals surface area (Å²) in [4.78, 5) is 21.7. The standard InChI is InChI=1S/C17H18N2O/c1-15(2)16(3)8-9-17(15,10-20)14-13(16)18-11-6-4-5-7-12(11)19-14/h4-7,10H,8-9H2,1-3H3. The monoisotopic (exact) mass is 266 g/mol. The Bertz CT molecular complexity index is 752. The highest BCUT2D eigenvalue weighted by Gasteiger charge is 2.70. The third kappa shape index (κ3) is 1.00. The molecule has 0 spiro atoms. The number of aldehydes is 1. The molecule has 0 N–H and O–H groups in total. The fourth-order valence-corrected chi connectivity index (χ4v) is 4.35. The van der Waals surface area contributed by atoms with Gasteiger partial charge in [0.1, 0.15) is 6.29 Å². The van der Waals surface area contributed by atoms with Crippen LogP contribution in [0.4, 0.5) is 0 Å². The van der Waals surface area contributed by atoms with Gasteiger partial charge in [-0.3, -0.25) is 0 Å². The molecule has 2 bridgehead atoms. The lowest BCUT2D eigenvalue weighted by atomic mass is 9.64. The molecular formula is C17H18N2O. The Morgan fingerprint density at radius 3 is 2.20 bits per heavy atom. The molecule has 1 aromatic carbocycles. The van der Waals surface area contributed by atoms with Crippen LogP contribution in [0.2, 0.25) is 0 Å². The SMILES string of the molecule is CC12CCC(C=O)(c3nc4ccccc4nc31)C2(C)C. The van der Waals surface area contributed by atoms with E-state index < -0.39 is 5.41 Å². The van der Waals surface area contributed by atoms with Crippen molar-refractivity contribution in [2.75, 3.05) is 0 Å². The Balaban J connectivity index is 2.15. The van der Waals surface area contributed by atoms with Crippen LogP contribution in [0.5, 0.6) is 0 Å². The molecule has 2 aromatic rings. The molecule has 1 heterocycles. The molecule has 0 aliphatic heterocycles. The first-order chi connectivity index (χ1) is 9.46. The molecule has 102 valence electrons. The molecule has 2 aliphatic carbocycles. The zero-order chi connectivity index (χ0) is 14.2. The largest absolute Gasteiger partial charge is 0.302 e. The fourth-order valence-electron chi connectivity index (χ4n) is 4.35. The number of nitrogens with zero attached hydrogens (tertiary/aromatic N) is 2. The maximum atomic E-state index is 12.0. The van der Waals surface area contributed by atoms with Crippen molar-refractivity contribution in [3.8, 4) is 0 Å². The minimum atomic E-state index is -0.464. The molecule has 0 amide bonds. The first-order valence-corrected chi connectivity index (χ1v) is 7.20. The molecule has 2 atom stereocenters. The van der Waals surface area contributed by atoms with E-state index in [1.165, 1.54) is 0 Å². The summed E-state index contributed by atoms with van der Waals surface area (Å²) >= 11 is 0. The first kappa shape index (κ1) is 12.0. The van der Waals surface area contributed by atoms with Gasteiger partial charge in [0.25, 0.3) is 0 Å². The second-order valence-electron chi connectivity index (χ2n) is 6.96. The summed E-state index contributed by atoms with van der Waals surface area (Å²) < 4.78 is 0. The molecular weight excluding hydrogens is 248 g/mol. The predicted molar refractivity (Wildman–Crippen MR) is 77.6 cm³/mol. The highest BCUT2D eigenvalue weighted by molar-refractivity contribution is 5.80. The van der Waals surface area contributed by atoms with Crippen LogP contribution in [0.15, 0.2) is 24.3 Å². The lowest BCUT2D eigenvalue weighted by molar-refractivity contribution is -0.115. The van der Waals surface area contributed by atoms with Crippen LogP contribution >= 0.6 is 0 Å². The van der Waals surface area contributed by atoms with Crippen molar-refractivity contribution in [1.82, 2.24) is 9.97 Å². The summed E-state index contributed by atoms with van der Waals surface area (Å²) in [5, 5.41) is 0. The Hall–Kier alpha value is -1.77. The van der Waals surface area contributed by atoms with E-state index in [4.69, 9.17) is 9.97 Å². The quantitative estimate of drug-likeness (QED) is 0.745. The third-order valence-corrected chi connectivity index (χ3v) is 6.23. The van der Waals surface area contributed by atoms with Crippen LogP contribution in [0.1, 0.15) is 45.0 Å². The van der Waals surface area contributed by atoms with Gasteiger partial charge in [-0.25, -0.2) is 9.97 Å². The summed E-state index contributed by atoms with van der Waals surface area (Å²) in [6, 6.07) is 7.93. The molecule has 3 nitrogen and oxygen atoms in total. The van der Waals surface area contributed by atoms with Crippen LogP contribution in [-0.2, 0) is 15.6 Å². The van der Waals surface area contributed by atoms with Crippen molar-refractivity contribution in [3.05, 3.63) is 35.7 Å². The normalized spacial score (nSPS) is 33.4. The molecule has 0 radical (unpaired) electrons. The lowest BCUT2D eigenvalue weighted by Gasteiger charge is -2.37. The molecule has 2 unspecified atom stereocenters. The molecule has 20 heavy (non-hydrogen) atoms. The highest BCUT2D eigenvalue weighted by atomic mass is 16.1. The zero-order valence-corrected chi connectivity index (χ0v) is 12.1. The van der Waals surface area contributed by atoms with Gasteiger partial charge in [-0.2, -0.15) is 0 Å². The minimum absolute atomic E-state index is 0.0553. The van der Waals surface area contributed by atoms with Gasteiger partial charge in [0.05, 0.1) is 27.8 Å². The van der Waals surface area contributed by atoms with E-state index in [0.29, 0.717) is 0 Å². The second kappa shape index (κ2) is 3.27. The number of carbonyl (C=O) groups excluding carboxylic acids is 1. The van der Waals surface area contributed by atoms with Crippen LogP contribution in [0.3, 0.4) is 0 Å². The van der Waals surface area contributed by atoms with Crippen molar-refractivity contribution in [2.45, 2.75) is 44.4 Å². The van der Waals surface area contributed by atoms with Crippen LogP contribution in [0.25, 0.3) is 11.0 Å². The molecule has 2 aliphatic rings. The summed E-state index contributed by atoms with van der Waals surface area (Å²) in [6.45, 7) is 6.64. The molecule has 1 fully saturated rings. The predicted octanol–water partition coefficient (Wildman–Crippen LogP) is 3.16. The number of aromatic nitrogens is 2. The Kier molecular flexibility index (Phi) is 1.97. The summed E-state index contributed by atoms with van der Waals surface area (Å²) in [5.74, 6) is 0. The zero-order valence-electron chi connectivity index (χ0n) is 12.1. The van der Waals surface area contributed by atoms with Gasteiger partial charge in [0.2, 0.25) is 0 Å². The topological polar surface area (TPSA) is 42.9 Å². The number of hydrogen-bond donors (Lipinski definition) is 0. The fraction of sp³-hybridized carbons (Fsp3) is 0.471. The van der Waals surface area contributed by atoms with Gasteiger partial charge < -0.3 is 4.79 Å². The molecule has 1 aromatic heterocycles. The van der Waals surface area contributed by atoms with E-state index in [1.54, 1.807) is 0 Å². The van der Waals surface area contributed by atoms with Gasteiger partial charge in [-0.15, -0.1) is 0 Å². The van der Waals surface area contributed by atoms with Gasteiger partial charge in [-0.05, 0) is 30.4 Å². The number of hydrogen-bond acceptors (Lipinski definition) is 3. The van der Waals surface area contributed by atoms with Gasteiger partial charge >= 0.3 is 0 Å². The highest BCUT2D eigenvalue weighted by Crippen LogP contribution is 2.69. The van der Waals surface area contributed by atoms with Crippen molar-refractivity contribution < 1.29 is 4.79 Å². The van der Waals surface area contributed by atoms with E-state index in [9.17, 15) is 4.79 Å². The second-order valence-corrected chi connectivity index (χ2v) is 6.96. The Morgan fingerprint density at radius 2 is 1.60 bits per heavy atom. The number of carbonyl (C=O) groups is 1. The lowest BCUT2D eigenvalue weighted by Crippen LogP contribution is -2.41. The maximum Gasteiger partial charge on any atom is 0.132 e. The van der Waals surface area contributed by atoms with Gasteiger partial charge in [0, 0.05) is 5.41 Å². The third-order valence-electron chi connectivity index (χ3n) is 6.23. The molecule has 4 rings (SSSR count). The van der Waals surface area contributed by atoms with Crippen LogP contribution < -0.4 is 0 Å². The van der Waals surface area contributed by atoms with E-state index >= 15 is 0 Å². The summed E-state index contributed by atoms with van der Waals surface area (Å²) in [6.07, 6.45) is 3.03. The maximum absolute atomic E-state index is 12.0. The Labute approximate surface area is 118 Å². The van der Waals surface area contributed by atoms with E-state index in [2.05, 4.69) is 20.8 Å². The van der Waals surface area contributed by atoms with Gasteiger partial charge in [-0.1, -0.05) is 32.9 Å². The minimum Gasteiger partial charge on any atom is -0.302 e. The molecule has 0 saturated heterocycles. The number of fused-ring (bicyclic) bond motifs is 6. The average molecular weight is 266 g/mol. The van der Waals surface area contributed by atoms with E-state index in [-0.39, 0.29) is 10.8 Å². The number of rotatable bonds is 1. The van der Waals surface area contributed by atoms with Crippen molar-refractivity contribution in [3.63, 3.8) is 0 Å². The molecule has 3 heteroatoms. The first-order valence-electron chi connectivity index (χ1n) is 7.20.